The van der Waals surface area contributed by atoms with Crippen LogP contribution in [-0.2, 0) is 23.4 Å². The number of amides is 1. The molecule has 1 aliphatic carbocycles. The van der Waals surface area contributed by atoms with Gasteiger partial charge in [-0.2, -0.15) is 11.8 Å². The largest absolute Gasteiger partial charge is 0.354 e. The van der Waals surface area contributed by atoms with Crippen LogP contribution in [0.1, 0.15) is 55.8 Å². The third-order valence-corrected chi connectivity index (χ3v) is 6.62. The van der Waals surface area contributed by atoms with Crippen molar-refractivity contribution in [2.75, 3.05) is 5.75 Å². The SMILES string of the molecule is CCC[C@@H](C)NC(=O)CCSCc1nc2sc3c(c2c(=O)[nH]1)CCC3. The van der Waals surface area contributed by atoms with Crippen molar-refractivity contribution in [3.05, 3.63) is 26.6 Å². The molecule has 0 radical (unpaired) electrons. The van der Waals surface area contributed by atoms with E-state index >= 15 is 0 Å². The second-order valence-electron chi connectivity index (χ2n) is 6.61. The molecular weight excluding hydrogens is 354 g/mol. The van der Waals surface area contributed by atoms with Crippen molar-refractivity contribution in [3.8, 4) is 0 Å². The maximum Gasteiger partial charge on any atom is 0.259 e. The van der Waals surface area contributed by atoms with Gasteiger partial charge in [-0.1, -0.05) is 13.3 Å². The zero-order valence-electron chi connectivity index (χ0n) is 14.8. The topological polar surface area (TPSA) is 74.8 Å². The number of carbonyl (C=O) groups excluding carboxylic acids is 1. The smallest absolute Gasteiger partial charge is 0.259 e. The van der Waals surface area contributed by atoms with Crippen molar-refractivity contribution >= 4 is 39.2 Å². The van der Waals surface area contributed by atoms with Gasteiger partial charge in [0.2, 0.25) is 5.91 Å². The van der Waals surface area contributed by atoms with Gasteiger partial charge in [0.15, 0.2) is 0 Å². The molecule has 0 fully saturated rings. The Balaban J connectivity index is 1.52. The van der Waals surface area contributed by atoms with E-state index in [1.807, 2.05) is 6.92 Å². The van der Waals surface area contributed by atoms with Gasteiger partial charge in [0.25, 0.3) is 5.56 Å². The maximum absolute atomic E-state index is 12.4. The molecule has 0 spiro atoms. The highest BCUT2D eigenvalue weighted by atomic mass is 32.2. The fourth-order valence-corrected chi connectivity index (χ4v) is 5.39. The van der Waals surface area contributed by atoms with Crippen LogP contribution in [0.4, 0.5) is 0 Å². The monoisotopic (exact) mass is 379 g/mol. The van der Waals surface area contributed by atoms with Crippen molar-refractivity contribution in [1.82, 2.24) is 15.3 Å². The molecule has 5 nitrogen and oxygen atoms in total. The van der Waals surface area contributed by atoms with Gasteiger partial charge in [-0.05, 0) is 38.2 Å². The summed E-state index contributed by atoms with van der Waals surface area (Å²) in [5.74, 6) is 2.17. The molecule has 0 aliphatic heterocycles. The summed E-state index contributed by atoms with van der Waals surface area (Å²) in [4.78, 5) is 34.0. The van der Waals surface area contributed by atoms with E-state index in [-0.39, 0.29) is 17.5 Å². The van der Waals surface area contributed by atoms with Crippen LogP contribution in [0, 0.1) is 0 Å². The number of thioether (sulfide) groups is 1. The Kier molecular flexibility index (Phi) is 6.17. The van der Waals surface area contributed by atoms with E-state index in [1.54, 1.807) is 23.1 Å². The molecule has 7 heteroatoms. The Hall–Kier alpha value is -1.34. The number of aromatic amines is 1. The van der Waals surface area contributed by atoms with E-state index < -0.39 is 0 Å². The molecule has 3 rings (SSSR count). The summed E-state index contributed by atoms with van der Waals surface area (Å²) in [6, 6.07) is 0.240. The van der Waals surface area contributed by atoms with E-state index in [0.29, 0.717) is 18.0 Å². The van der Waals surface area contributed by atoms with Crippen molar-refractivity contribution < 1.29 is 4.79 Å². The minimum Gasteiger partial charge on any atom is -0.354 e. The van der Waals surface area contributed by atoms with E-state index in [4.69, 9.17) is 0 Å². The molecule has 1 amide bonds. The van der Waals surface area contributed by atoms with Crippen LogP contribution in [-0.4, -0.2) is 27.7 Å². The van der Waals surface area contributed by atoms with Crippen LogP contribution in [0.5, 0.6) is 0 Å². The summed E-state index contributed by atoms with van der Waals surface area (Å²) in [7, 11) is 0. The summed E-state index contributed by atoms with van der Waals surface area (Å²) >= 11 is 3.30. The Morgan fingerprint density at radius 2 is 2.28 bits per heavy atom. The first-order valence-electron chi connectivity index (χ1n) is 8.99. The molecule has 0 unspecified atom stereocenters. The lowest BCUT2D eigenvalue weighted by molar-refractivity contribution is -0.121. The zero-order valence-corrected chi connectivity index (χ0v) is 16.4. The van der Waals surface area contributed by atoms with Gasteiger partial charge >= 0.3 is 0 Å². The van der Waals surface area contributed by atoms with Crippen LogP contribution < -0.4 is 10.9 Å². The van der Waals surface area contributed by atoms with E-state index in [0.717, 1.165) is 48.1 Å². The first-order valence-corrected chi connectivity index (χ1v) is 11.0. The number of H-pyrrole nitrogens is 1. The Morgan fingerprint density at radius 3 is 3.08 bits per heavy atom. The maximum atomic E-state index is 12.4. The lowest BCUT2D eigenvalue weighted by Crippen LogP contribution is -2.32. The number of hydrogen-bond acceptors (Lipinski definition) is 5. The Morgan fingerprint density at radius 1 is 1.44 bits per heavy atom. The molecule has 136 valence electrons. The number of thiophene rings is 1. The molecule has 25 heavy (non-hydrogen) atoms. The molecule has 2 N–H and O–H groups in total. The minimum atomic E-state index is -0.00821. The molecule has 1 atom stereocenters. The quantitative estimate of drug-likeness (QED) is 0.689. The molecule has 0 bridgehead atoms. The van der Waals surface area contributed by atoms with Crippen molar-refractivity contribution in [2.24, 2.45) is 0 Å². The lowest BCUT2D eigenvalue weighted by Gasteiger charge is -2.12. The van der Waals surface area contributed by atoms with Gasteiger partial charge in [-0.15, -0.1) is 11.3 Å². The second kappa shape index (κ2) is 8.36. The molecule has 2 heterocycles. The van der Waals surface area contributed by atoms with Gasteiger partial charge in [0, 0.05) is 23.1 Å². The normalized spacial score (nSPS) is 14.6. The first kappa shape index (κ1) is 18.5. The predicted octanol–water partition coefficient (Wildman–Crippen LogP) is 3.40. The van der Waals surface area contributed by atoms with Crippen LogP contribution >= 0.6 is 23.1 Å². The number of hydrogen-bond donors (Lipinski definition) is 2. The highest BCUT2D eigenvalue weighted by molar-refractivity contribution is 7.98. The van der Waals surface area contributed by atoms with E-state index in [9.17, 15) is 9.59 Å². The standard InChI is InChI=1S/C18H25N3O2S2/c1-3-5-11(2)19-15(22)8-9-24-10-14-20-17(23)16-12-6-4-7-13(12)25-18(16)21-14/h11H,3-10H2,1-2H3,(H,19,22)(H,20,21,23)/t11-/m1/s1. The number of aryl methyl sites for hydroxylation is 2. The number of nitrogens with one attached hydrogen (secondary N) is 2. The zero-order chi connectivity index (χ0) is 17.8. The molecule has 2 aromatic rings. The number of fused-ring (bicyclic) bond motifs is 3. The average Bonchev–Trinajstić information content (AvgIpc) is 3.12. The highest BCUT2D eigenvalue weighted by Gasteiger charge is 2.21. The summed E-state index contributed by atoms with van der Waals surface area (Å²) in [6.07, 6.45) is 5.80. The second-order valence-corrected chi connectivity index (χ2v) is 8.80. The number of nitrogens with zero attached hydrogens (tertiary/aromatic N) is 1. The molecule has 0 aromatic carbocycles. The fraction of sp³-hybridized carbons (Fsp3) is 0.611. The average molecular weight is 380 g/mol. The van der Waals surface area contributed by atoms with Gasteiger partial charge in [0.1, 0.15) is 10.7 Å². The van der Waals surface area contributed by atoms with E-state index in [1.165, 1.54) is 10.4 Å². The van der Waals surface area contributed by atoms with Gasteiger partial charge in [0.05, 0.1) is 11.1 Å². The molecular formula is C18H25N3O2S2. The van der Waals surface area contributed by atoms with Crippen LogP contribution in [0.2, 0.25) is 0 Å². The molecule has 0 saturated carbocycles. The van der Waals surface area contributed by atoms with Crippen LogP contribution in [0.25, 0.3) is 10.2 Å². The molecule has 2 aromatic heterocycles. The summed E-state index contributed by atoms with van der Waals surface area (Å²) in [6.45, 7) is 4.15. The lowest BCUT2D eigenvalue weighted by atomic mass is 10.2. The highest BCUT2D eigenvalue weighted by Crippen LogP contribution is 2.34. The number of carbonyl (C=O) groups is 1. The fourth-order valence-electron chi connectivity index (χ4n) is 3.30. The van der Waals surface area contributed by atoms with E-state index in [2.05, 4.69) is 22.2 Å². The van der Waals surface area contributed by atoms with Gasteiger partial charge in [-0.3, -0.25) is 9.59 Å². The van der Waals surface area contributed by atoms with Gasteiger partial charge in [-0.25, -0.2) is 4.98 Å². The Bertz CT molecular complexity index is 812. The summed E-state index contributed by atoms with van der Waals surface area (Å²) < 4.78 is 0. The molecule has 0 saturated heterocycles. The summed E-state index contributed by atoms with van der Waals surface area (Å²) in [5.41, 5.74) is 1.21. The minimum absolute atomic E-state index is 0.00821. The number of rotatable bonds is 8. The third kappa shape index (κ3) is 4.44. The predicted molar refractivity (Wildman–Crippen MR) is 106 cm³/mol. The Labute approximate surface area is 156 Å². The van der Waals surface area contributed by atoms with Crippen molar-refractivity contribution in [2.45, 2.75) is 64.2 Å². The number of aromatic nitrogens is 2. The summed E-state index contributed by atoms with van der Waals surface area (Å²) in [5, 5.41) is 3.81. The molecule has 1 aliphatic rings. The third-order valence-electron chi connectivity index (χ3n) is 4.47. The first-order chi connectivity index (χ1) is 12.1. The van der Waals surface area contributed by atoms with Crippen molar-refractivity contribution in [1.29, 1.82) is 0 Å². The van der Waals surface area contributed by atoms with Gasteiger partial charge < -0.3 is 10.3 Å². The van der Waals surface area contributed by atoms with Crippen LogP contribution in [0.15, 0.2) is 4.79 Å². The van der Waals surface area contributed by atoms with Crippen molar-refractivity contribution in [3.63, 3.8) is 0 Å². The van der Waals surface area contributed by atoms with Crippen LogP contribution in [0.3, 0.4) is 0 Å².